The van der Waals surface area contributed by atoms with Crippen LogP contribution < -0.4 is 10.2 Å². The molecule has 0 saturated heterocycles. The summed E-state index contributed by atoms with van der Waals surface area (Å²) in [6, 6.07) is 11.7. The Balaban J connectivity index is 1.65. The van der Waals surface area contributed by atoms with Crippen LogP contribution in [0.3, 0.4) is 0 Å². The van der Waals surface area contributed by atoms with E-state index in [9.17, 15) is 4.79 Å². The normalized spacial score (nSPS) is 10.4. The second kappa shape index (κ2) is 7.27. The Morgan fingerprint density at radius 2 is 1.92 bits per heavy atom. The summed E-state index contributed by atoms with van der Waals surface area (Å²) in [6.45, 7) is 0.458. The van der Waals surface area contributed by atoms with E-state index in [2.05, 4.69) is 27.8 Å². The van der Waals surface area contributed by atoms with E-state index in [0.29, 0.717) is 12.1 Å². The van der Waals surface area contributed by atoms with E-state index >= 15 is 0 Å². The highest BCUT2D eigenvalue weighted by atomic mass is 32.1. The Hall–Kier alpha value is -2.66. The van der Waals surface area contributed by atoms with Crippen molar-refractivity contribution in [1.29, 1.82) is 0 Å². The molecule has 1 N–H and O–H groups in total. The van der Waals surface area contributed by atoms with E-state index in [4.69, 9.17) is 0 Å². The van der Waals surface area contributed by atoms with Crippen LogP contribution in [0.4, 0.5) is 5.69 Å². The standard InChI is InChI=1S/C19H19N3OS/c1-22(2)18-5-3-15(4-6-18)19(23)21-11-14-9-17(12-20-10-14)16-7-8-24-13-16/h3-10,12-13H,11H2,1-2H3,(H,21,23). The maximum absolute atomic E-state index is 12.3. The fourth-order valence-electron chi connectivity index (χ4n) is 2.37. The summed E-state index contributed by atoms with van der Waals surface area (Å²) in [4.78, 5) is 18.5. The third-order valence-corrected chi connectivity index (χ3v) is 4.43. The van der Waals surface area contributed by atoms with Gasteiger partial charge in [-0.1, -0.05) is 0 Å². The number of amides is 1. The van der Waals surface area contributed by atoms with Gasteiger partial charge in [0.2, 0.25) is 0 Å². The van der Waals surface area contributed by atoms with Gasteiger partial charge in [-0.15, -0.1) is 0 Å². The van der Waals surface area contributed by atoms with Crippen molar-refractivity contribution in [3.8, 4) is 11.1 Å². The van der Waals surface area contributed by atoms with E-state index in [1.54, 1.807) is 17.5 Å². The Morgan fingerprint density at radius 1 is 1.12 bits per heavy atom. The van der Waals surface area contributed by atoms with Gasteiger partial charge < -0.3 is 10.2 Å². The Bertz CT molecular complexity index is 811. The molecule has 0 radical (unpaired) electrons. The van der Waals surface area contributed by atoms with Gasteiger partial charge in [0.1, 0.15) is 0 Å². The number of pyridine rings is 1. The second-order valence-electron chi connectivity index (χ2n) is 5.72. The summed E-state index contributed by atoms with van der Waals surface area (Å²) >= 11 is 1.66. The van der Waals surface area contributed by atoms with Crippen LogP contribution in [-0.2, 0) is 6.54 Å². The van der Waals surface area contributed by atoms with Gasteiger partial charge >= 0.3 is 0 Å². The summed E-state index contributed by atoms with van der Waals surface area (Å²) in [6.07, 6.45) is 3.62. The molecule has 0 bridgehead atoms. The van der Waals surface area contributed by atoms with Gasteiger partial charge in [-0.25, -0.2) is 0 Å². The Morgan fingerprint density at radius 3 is 2.58 bits per heavy atom. The monoisotopic (exact) mass is 337 g/mol. The van der Waals surface area contributed by atoms with Crippen molar-refractivity contribution in [2.75, 3.05) is 19.0 Å². The summed E-state index contributed by atoms with van der Waals surface area (Å²) in [5, 5.41) is 7.08. The third-order valence-electron chi connectivity index (χ3n) is 3.75. The molecule has 3 rings (SSSR count). The van der Waals surface area contributed by atoms with E-state index in [0.717, 1.165) is 22.4 Å². The van der Waals surface area contributed by atoms with E-state index < -0.39 is 0 Å². The van der Waals surface area contributed by atoms with E-state index in [1.165, 1.54) is 0 Å². The van der Waals surface area contributed by atoms with Crippen molar-refractivity contribution in [1.82, 2.24) is 10.3 Å². The molecule has 1 aromatic carbocycles. The van der Waals surface area contributed by atoms with Gasteiger partial charge in [-0.3, -0.25) is 9.78 Å². The minimum atomic E-state index is -0.0822. The number of nitrogens with one attached hydrogen (secondary N) is 1. The minimum Gasteiger partial charge on any atom is -0.378 e. The number of benzene rings is 1. The fourth-order valence-corrected chi connectivity index (χ4v) is 3.03. The van der Waals surface area contributed by atoms with Crippen LogP contribution in [0.15, 0.2) is 59.6 Å². The Labute approximate surface area is 145 Å². The van der Waals surface area contributed by atoms with Crippen molar-refractivity contribution in [2.45, 2.75) is 6.54 Å². The molecule has 0 spiro atoms. The highest BCUT2D eigenvalue weighted by molar-refractivity contribution is 7.08. The lowest BCUT2D eigenvalue weighted by atomic mass is 10.1. The highest BCUT2D eigenvalue weighted by Gasteiger charge is 2.07. The summed E-state index contributed by atoms with van der Waals surface area (Å²) in [7, 11) is 3.95. The number of rotatable bonds is 5. The molecule has 3 aromatic rings. The molecule has 0 aliphatic carbocycles. The van der Waals surface area contributed by atoms with Crippen molar-refractivity contribution in [2.24, 2.45) is 0 Å². The van der Waals surface area contributed by atoms with Gasteiger partial charge in [0.25, 0.3) is 5.91 Å². The molecular formula is C19H19N3OS. The van der Waals surface area contributed by atoms with Crippen LogP contribution >= 0.6 is 11.3 Å². The summed E-state index contributed by atoms with van der Waals surface area (Å²) in [5.41, 5.74) is 4.93. The van der Waals surface area contributed by atoms with Gasteiger partial charge in [0.15, 0.2) is 0 Å². The second-order valence-corrected chi connectivity index (χ2v) is 6.50. The van der Waals surface area contributed by atoms with E-state index in [-0.39, 0.29) is 5.91 Å². The van der Waals surface area contributed by atoms with Crippen molar-refractivity contribution >= 4 is 22.9 Å². The van der Waals surface area contributed by atoms with Crippen LogP contribution in [0.5, 0.6) is 0 Å². The molecule has 2 aromatic heterocycles. The first-order valence-electron chi connectivity index (χ1n) is 7.65. The topological polar surface area (TPSA) is 45.2 Å². The first kappa shape index (κ1) is 16.2. The number of thiophene rings is 1. The smallest absolute Gasteiger partial charge is 0.251 e. The summed E-state index contributed by atoms with van der Waals surface area (Å²) < 4.78 is 0. The molecule has 122 valence electrons. The molecule has 0 saturated carbocycles. The maximum atomic E-state index is 12.3. The van der Waals surface area contributed by atoms with Crippen molar-refractivity contribution in [3.63, 3.8) is 0 Å². The van der Waals surface area contributed by atoms with Crippen molar-refractivity contribution < 1.29 is 4.79 Å². The molecule has 0 fully saturated rings. The summed E-state index contributed by atoms with van der Waals surface area (Å²) in [5.74, 6) is -0.0822. The molecule has 0 aliphatic heterocycles. The van der Waals surface area contributed by atoms with Crippen LogP contribution in [0.2, 0.25) is 0 Å². The zero-order chi connectivity index (χ0) is 16.9. The number of carbonyl (C=O) groups is 1. The number of aromatic nitrogens is 1. The lowest BCUT2D eigenvalue weighted by Gasteiger charge is -2.12. The zero-order valence-electron chi connectivity index (χ0n) is 13.7. The van der Waals surface area contributed by atoms with Gasteiger partial charge in [0.05, 0.1) is 0 Å². The number of carbonyl (C=O) groups excluding carboxylic acids is 1. The SMILES string of the molecule is CN(C)c1ccc(C(=O)NCc2cncc(-c3ccsc3)c2)cc1. The predicted octanol–water partition coefficient (Wildman–Crippen LogP) is 3.81. The van der Waals surface area contributed by atoms with Crippen LogP contribution in [-0.4, -0.2) is 25.0 Å². The quantitative estimate of drug-likeness (QED) is 0.770. The third kappa shape index (κ3) is 3.81. The first-order valence-corrected chi connectivity index (χ1v) is 8.60. The molecule has 24 heavy (non-hydrogen) atoms. The molecular weight excluding hydrogens is 318 g/mol. The predicted molar refractivity (Wildman–Crippen MR) is 99.5 cm³/mol. The molecule has 1 amide bonds. The van der Waals surface area contributed by atoms with Gasteiger partial charge in [0, 0.05) is 49.8 Å². The maximum Gasteiger partial charge on any atom is 0.251 e. The molecule has 0 unspecified atom stereocenters. The number of hydrogen-bond donors (Lipinski definition) is 1. The van der Waals surface area contributed by atoms with Crippen LogP contribution in [0.1, 0.15) is 15.9 Å². The number of hydrogen-bond acceptors (Lipinski definition) is 4. The minimum absolute atomic E-state index is 0.0822. The average Bonchev–Trinajstić information content (AvgIpc) is 3.15. The molecule has 5 heteroatoms. The number of anilines is 1. The number of nitrogens with zero attached hydrogens (tertiary/aromatic N) is 2. The van der Waals surface area contributed by atoms with Gasteiger partial charge in [-0.2, -0.15) is 11.3 Å². The molecule has 4 nitrogen and oxygen atoms in total. The van der Waals surface area contributed by atoms with Crippen molar-refractivity contribution in [3.05, 3.63) is 70.7 Å². The van der Waals surface area contributed by atoms with Crippen LogP contribution in [0, 0.1) is 0 Å². The largest absolute Gasteiger partial charge is 0.378 e. The molecule has 0 atom stereocenters. The first-order chi connectivity index (χ1) is 11.6. The molecule has 2 heterocycles. The fraction of sp³-hybridized carbons (Fsp3) is 0.158. The van der Waals surface area contributed by atoms with E-state index in [1.807, 2.05) is 54.8 Å². The van der Waals surface area contributed by atoms with Crippen LogP contribution in [0.25, 0.3) is 11.1 Å². The Kier molecular flexibility index (Phi) is 4.91. The van der Waals surface area contributed by atoms with Gasteiger partial charge in [-0.05, 0) is 58.3 Å². The molecule has 0 aliphatic rings. The lowest BCUT2D eigenvalue weighted by molar-refractivity contribution is 0.0951. The highest BCUT2D eigenvalue weighted by Crippen LogP contribution is 2.22. The zero-order valence-corrected chi connectivity index (χ0v) is 14.5. The lowest BCUT2D eigenvalue weighted by Crippen LogP contribution is -2.23. The average molecular weight is 337 g/mol.